The van der Waals surface area contributed by atoms with E-state index in [1.165, 1.54) is 43.5 Å². The smallest absolute Gasteiger partial charge is 0.335 e. The molecule has 2 aromatic carbocycles. The monoisotopic (exact) mass is 364 g/mol. The van der Waals surface area contributed by atoms with Crippen LogP contribution < -0.4 is 5.32 Å². The van der Waals surface area contributed by atoms with Gasteiger partial charge in [0, 0.05) is 18.5 Å². The Kier molecular flexibility index (Phi) is 5.55. The molecule has 1 saturated carbocycles. The molecule has 4 nitrogen and oxygen atoms in total. The molecular formula is C23H28N2O2. The Hall–Kier alpha value is -2.17. The van der Waals surface area contributed by atoms with Gasteiger partial charge in [-0.25, -0.2) is 4.79 Å². The molecule has 2 fully saturated rings. The van der Waals surface area contributed by atoms with Crippen LogP contribution in [0.15, 0.2) is 54.6 Å². The van der Waals surface area contributed by atoms with Gasteiger partial charge in [0.25, 0.3) is 0 Å². The zero-order valence-corrected chi connectivity index (χ0v) is 15.7. The third-order valence-corrected chi connectivity index (χ3v) is 6.00. The predicted molar refractivity (Wildman–Crippen MR) is 107 cm³/mol. The van der Waals surface area contributed by atoms with Gasteiger partial charge in [-0.2, -0.15) is 0 Å². The summed E-state index contributed by atoms with van der Waals surface area (Å²) in [4.78, 5) is 13.5. The number of carboxylic acid groups (broad SMARTS) is 1. The summed E-state index contributed by atoms with van der Waals surface area (Å²) in [6.07, 6.45) is 3.70. The maximum absolute atomic E-state index is 10.9. The molecular weight excluding hydrogens is 336 g/mol. The predicted octanol–water partition coefficient (Wildman–Crippen LogP) is 3.74. The van der Waals surface area contributed by atoms with Crippen molar-refractivity contribution in [3.63, 3.8) is 0 Å². The van der Waals surface area contributed by atoms with E-state index in [9.17, 15) is 4.79 Å². The Bertz CT molecular complexity index is 752. The highest BCUT2D eigenvalue weighted by atomic mass is 16.4. The molecule has 0 radical (unpaired) electrons. The van der Waals surface area contributed by atoms with Crippen molar-refractivity contribution >= 4 is 5.97 Å². The quantitative estimate of drug-likeness (QED) is 0.786. The van der Waals surface area contributed by atoms with E-state index < -0.39 is 5.97 Å². The van der Waals surface area contributed by atoms with E-state index >= 15 is 0 Å². The highest BCUT2D eigenvalue weighted by molar-refractivity contribution is 5.87. The summed E-state index contributed by atoms with van der Waals surface area (Å²) >= 11 is 0. The van der Waals surface area contributed by atoms with Crippen LogP contribution in [-0.4, -0.2) is 41.7 Å². The Morgan fingerprint density at radius 3 is 2.41 bits per heavy atom. The lowest BCUT2D eigenvalue weighted by Gasteiger charge is -2.32. The topological polar surface area (TPSA) is 52.6 Å². The van der Waals surface area contributed by atoms with Gasteiger partial charge in [-0.3, -0.25) is 4.90 Å². The van der Waals surface area contributed by atoms with Crippen molar-refractivity contribution in [3.05, 3.63) is 71.3 Å². The highest BCUT2D eigenvalue weighted by Crippen LogP contribution is 2.41. The zero-order chi connectivity index (χ0) is 18.6. The van der Waals surface area contributed by atoms with Gasteiger partial charge in [-0.1, -0.05) is 42.5 Å². The van der Waals surface area contributed by atoms with E-state index in [2.05, 4.69) is 40.5 Å². The second-order valence-corrected chi connectivity index (χ2v) is 7.99. The number of piperidine rings is 1. The fraction of sp³-hybridized carbons (Fsp3) is 0.435. The van der Waals surface area contributed by atoms with Crippen molar-refractivity contribution in [3.8, 4) is 0 Å². The van der Waals surface area contributed by atoms with Gasteiger partial charge in [0.2, 0.25) is 0 Å². The van der Waals surface area contributed by atoms with Crippen LogP contribution in [-0.2, 0) is 6.54 Å². The van der Waals surface area contributed by atoms with Crippen LogP contribution in [0.25, 0.3) is 0 Å². The van der Waals surface area contributed by atoms with E-state index in [0.717, 1.165) is 19.0 Å². The van der Waals surface area contributed by atoms with Crippen LogP contribution in [0.2, 0.25) is 0 Å². The Labute approximate surface area is 161 Å². The number of benzene rings is 2. The molecule has 1 aliphatic heterocycles. The molecule has 0 amide bonds. The minimum atomic E-state index is -0.856. The lowest BCUT2D eigenvalue weighted by Crippen LogP contribution is -2.37. The first-order valence-corrected chi connectivity index (χ1v) is 10.0. The summed E-state index contributed by atoms with van der Waals surface area (Å²) in [5.74, 6) is 0.462. The largest absolute Gasteiger partial charge is 0.478 e. The van der Waals surface area contributed by atoms with E-state index in [4.69, 9.17) is 5.11 Å². The van der Waals surface area contributed by atoms with Crippen molar-refractivity contribution < 1.29 is 9.90 Å². The molecule has 1 saturated heterocycles. The van der Waals surface area contributed by atoms with E-state index in [1.54, 1.807) is 12.1 Å². The van der Waals surface area contributed by atoms with E-state index in [1.807, 2.05) is 12.1 Å². The van der Waals surface area contributed by atoms with Gasteiger partial charge in [-0.15, -0.1) is 0 Å². The molecule has 0 unspecified atom stereocenters. The van der Waals surface area contributed by atoms with Crippen LogP contribution >= 0.6 is 0 Å². The van der Waals surface area contributed by atoms with Gasteiger partial charge in [0.1, 0.15) is 0 Å². The SMILES string of the molecule is O=C(O)c1ccc([C@H]2C[C@@H]2NCC2CCN(Cc3ccccc3)CC2)cc1. The van der Waals surface area contributed by atoms with Gasteiger partial charge in [0.05, 0.1) is 5.56 Å². The molecule has 142 valence electrons. The van der Waals surface area contributed by atoms with Crippen molar-refractivity contribution in [2.45, 2.75) is 37.8 Å². The molecule has 0 spiro atoms. The van der Waals surface area contributed by atoms with Gasteiger partial charge < -0.3 is 10.4 Å². The summed E-state index contributed by atoms with van der Waals surface area (Å²) in [6.45, 7) is 4.55. The zero-order valence-electron chi connectivity index (χ0n) is 15.7. The number of hydrogen-bond acceptors (Lipinski definition) is 3. The van der Waals surface area contributed by atoms with Crippen molar-refractivity contribution in [1.29, 1.82) is 0 Å². The maximum Gasteiger partial charge on any atom is 0.335 e. The summed E-state index contributed by atoms with van der Waals surface area (Å²) in [6, 6.07) is 18.7. The first-order chi connectivity index (χ1) is 13.2. The average molecular weight is 364 g/mol. The number of likely N-dealkylation sites (tertiary alicyclic amines) is 1. The molecule has 1 aliphatic carbocycles. The molecule has 27 heavy (non-hydrogen) atoms. The third-order valence-electron chi connectivity index (χ3n) is 6.00. The van der Waals surface area contributed by atoms with Gasteiger partial charge >= 0.3 is 5.97 Å². The third kappa shape index (κ3) is 4.76. The maximum atomic E-state index is 10.9. The fourth-order valence-corrected chi connectivity index (χ4v) is 4.17. The normalized spacial score (nSPS) is 23.3. The fourth-order valence-electron chi connectivity index (χ4n) is 4.17. The Balaban J connectivity index is 1.17. The molecule has 1 heterocycles. The number of nitrogens with zero attached hydrogens (tertiary/aromatic N) is 1. The Morgan fingerprint density at radius 2 is 1.74 bits per heavy atom. The van der Waals surface area contributed by atoms with Gasteiger partial charge in [-0.05, 0) is 68.1 Å². The number of rotatable bonds is 7. The van der Waals surface area contributed by atoms with Crippen molar-refractivity contribution in [2.75, 3.05) is 19.6 Å². The summed E-state index contributed by atoms with van der Waals surface area (Å²) in [5, 5.41) is 12.7. The van der Waals surface area contributed by atoms with Crippen LogP contribution in [0.4, 0.5) is 0 Å². The number of aromatic carboxylic acids is 1. The lowest BCUT2D eigenvalue weighted by atomic mass is 9.96. The first-order valence-electron chi connectivity index (χ1n) is 10.0. The molecule has 2 N–H and O–H groups in total. The van der Waals surface area contributed by atoms with Crippen LogP contribution in [0, 0.1) is 5.92 Å². The standard InChI is InChI=1S/C23H28N2O2/c26-23(27)20-8-6-19(7-9-20)21-14-22(21)24-15-17-10-12-25(13-11-17)16-18-4-2-1-3-5-18/h1-9,17,21-22,24H,10-16H2,(H,26,27)/t21-,22+/m1/s1. The highest BCUT2D eigenvalue weighted by Gasteiger charge is 2.38. The first kappa shape index (κ1) is 18.2. The molecule has 0 aromatic heterocycles. The molecule has 2 atom stereocenters. The number of nitrogens with one attached hydrogen (secondary N) is 1. The van der Waals surface area contributed by atoms with Crippen LogP contribution in [0.5, 0.6) is 0 Å². The molecule has 4 rings (SSSR count). The molecule has 0 bridgehead atoms. The van der Waals surface area contributed by atoms with Crippen molar-refractivity contribution in [2.24, 2.45) is 5.92 Å². The minimum Gasteiger partial charge on any atom is -0.478 e. The summed E-state index contributed by atoms with van der Waals surface area (Å²) in [7, 11) is 0. The average Bonchev–Trinajstić information content (AvgIpc) is 3.48. The molecule has 2 aliphatic rings. The van der Waals surface area contributed by atoms with E-state index in [0.29, 0.717) is 17.5 Å². The minimum absolute atomic E-state index is 0.367. The van der Waals surface area contributed by atoms with Gasteiger partial charge in [0.15, 0.2) is 0 Å². The Morgan fingerprint density at radius 1 is 1.04 bits per heavy atom. The summed E-state index contributed by atoms with van der Waals surface area (Å²) < 4.78 is 0. The second kappa shape index (κ2) is 8.24. The number of hydrogen-bond donors (Lipinski definition) is 2. The van der Waals surface area contributed by atoms with Crippen LogP contribution in [0.1, 0.15) is 46.7 Å². The molecule has 4 heteroatoms. The number of carboxylic acids is 1. The molecule has 2 aromatic rings. The summed E-state index contributed by atoms with van der Waals surface area (Å²) in [5.41, 5.74) is 3.03. The van der Waals surface area contributed by atoms with Crippen LogP contribution in [0.3, 0.4) is 0 Å². The van der Waals surface area contributed by atoms with E-state index in [-0.39, 0.29) is 0 Å². The number of carbonyl (C=O) groups is 1. The van der Waals surface area contributed by atoms with Crippen molar-refractivity contribution in [1.82, 2.24) is 10.2 Å². The lowest BCUT2D eigenvalue weighted by molar-refractivity contribution is 0.0697. The second-order valence-electron chi connectivity index (χ2n) is 7.99.